The van der Waals surface area contributed by atoms with Crippen LogP contribution >= 0.6 is 11.6 Å². The van der Waals surface area contributed by atoms with E-state index in [0.717, 1.165) is 19.6 Å². The van der Waals surface area contributed by atoms with Gasteiger partial charge in [0, 0.05) is 25.7 Å². The van der Waals surface area contributed by atoms with E-state index in [2.05, 4.69) is 15.5 Å². The van der Waals surface area contributed by atoms with E-state index in [4.69, 9.17) is 16.3 Å². The zero-order chi connectivity index (χ0) is 21.3. The predicted octanol–water partition coefficient (Wildman–Crippen LogP) is 1.04. The number of likely N-dealkylation sites (tertiary alicyclic amines) is 1. The van der Waals surface area contributed by atoms with Crippen LogP contribution in [-0.4, -0.2) is 74.8 Å². The van der Waals surface area contributed by atoms with Crippen molar-refractivity contribution < 1.29 is 22.7 Å². The predicted molar refractivity (Wildman–Crippen MR) is 111 cm³/mol. The number of rotatable bonds is 6. The molecule has 2 fully saturated rings. The first-order valence-corrected chi connectivity index (χ1v) is 12.0. The number of benzene rings is 1. The standard InChI is InChI=1S/C19H25ClN4O5S/c20-13-10-14-16(29-12-18(25)22-14)11-17(13)30(27,28)24-8-3-4-15(24)19(26)21-5-9-23-6-1-2-7-23/h10-11,15H,1-9,12H2,(H,21,26)(H,22,25)/t15-/m0/s1. The van der Waals surface area contributed by atoms with E-state index in [1.54, 1.807) is 0 Å². The van der Waals surface area contributed by atoms with Gasteiger partial charge < -0.3 is 20.3 Å². The highest BCUT2D eigenvalue weighted by Crippen LogP contribution is 2.38. The van der Waals surface area contributed by atoms with Gasteiger partial charge in [0.25, 0.3) is 5.91 Å². The summed E-state index contributed by atoms with van der Waals surface area (Å²) in [5.74, 6) is -0.379. The fraction of sp³-hybridized carbons (Fsp3) is 0.579. The highest BCUT2D eigenvalue weighted by molar-refractivity contribution is 7.89. The lowest BCUT2D eigenvalue weighted by Gasteiger charge is -2.25. The number of halogens is 1. The molecule has 164 valence electrons. The summed E-state index contributed by atoms with van der Waals surface area (Å²) in [7, 11) is -4.01. The van der Waals surface area contributed by atoms with Gasteiger partial charge in [-0.2, -0.15) is 4.31 Å². The summed E-state index contributed by atoms with van der Waals surface area (Å²) in [6, 6.07) is 1.91. The SMILES string of the molecule is O=C1COc2cc(S(=O)(=O)N3CCC[C@H]3C(=O)NCCN3CCCC3)c(Cl)cc2N1. The number of carbonyl (C=O) groups is 2. The Hall–Kier alpha value is -1.88. The monoisotopic (exact) mass is 456 g/mol. The maximum Gasteiger partial charge on any atom is 0.262 e. The summed E-state index contributed by atoms with van der Waals surface area (Å²) < 4.78 is 33.2. The number of hydrogen-bond acceptors (Lipinski definition) is 6. The third kappa shape index (κ3) is 4.27. The molecule has 9 nitrogen and oxygen atoms in total. The summed E-state index contributed by atoms with van der Waals surface area (Å²) in [6.45, 7) is 3.40. The van der Waals surface area contributed by atoms with Gasteiger partial charge in [-0.1, -0.05) is 11.6 Å². The van der Waals surface area contributed by atoms with E-state index in [1.165, 1.54) is 29.3 Å². The van der Waals surface area contributed by atoms with Crippen molar-refractivity contribution in [2.24, 2.45) is 0 Å². The van der Waals surface area contributed by atoms with Crippen molar-refractivity contribution in [1.82, 2.24) is 14.5 Å². The van der Waals surface area contributed by atoms with Crippen molar-refractivity contribution >= 4 is 39.1 Å². The fourth-order valence-corrected chi connectivity index (χ4v) is 6.33. The van der Waals surface area contributed by atoms with Crippen LogP contribution in [0.1, 0.15) is 25.7 Å². The van der Waals surface area contributed by atoms with Crippen LogP contribution in [0.2, 0.25) is 5.02 Å². The molecule has 4 rings (SSSR count). The van der Waals surface area contributed by atoms with Crippen molar-refractivity contribution in [2.75, 3.05) is 44.6 Å². The Balaban J connectivity index is 1.48. The van der Waals surface area contributed by atoms with Gasteiger partial charge in [-0.15, -0.1) is 0 Å². The molecule has 0 saturated carbocycles. The van der Waals surface area contributed by atoms with Crippen LogP contribution in [0.4, 0.5) is 5.69 Å². The lowest BCUT2D eigenvalue weighted by Crippen LogP contribution is -2.47. The van der Waals surface area contributed by atoms with E-state index < -0.39 is 16.1 Å². The van der Waals surface area contributed by atoms with E-state index in [0.29, 0.717) is 25.1 Å². The number of nitrogens with one attached hydrogen (secondary N) is 2. The minimum atomic E-state index is -4.01. The molecule has 0 unspecified atom stereocenters. The van der Waals surface area contributed by atoms with Gasteiger partial charge in [0.05, 0.1) is 10.7 Å². The molecule has 0 spiro atoms. The van der Waals surface area contributed by atoms with Gasteiger partial charge in [-0.3, -0.25) is 9.59 Å². The molecule has 2 saturated heterocycles. The van der Waals surface area contributed by atoms with Crippen molar-refractivity contribution in [3.63, 3.8) is 0 Å². The summed E-state index contributed by atoms with van der Waals surface area (Å²) in [5, 5.41) is 5.45. The summed E-state index contributed by atoms with van der Waals surface area (Å²) in [5.41, 5.74) is 0.327. The van der Waals surface area contributed by atoms with Crippen LogP contribution in [0.15, 0.2) is 17.0 Å². The number of nitrogens with zero attached hydrogens (tertiary/aromatic N) is 2. The zero-order valence-corrected chi connectivity index (χ0v) is 18.1. The van der Waals surface area contributed by atoms with Crippen LogP contribution in [0.25, 0.3) is 0 Å². The molecule has 2 amide bonds. The molecule has 3 aliphatic rings. The third-order valence-electron chi connectivity index (χ3n) is 5.69. The molecule has 1 aromatic rings. The van der Waals surface area contributed by atoms with E-state index in [1.807, 2.05) is 0 Å². The molecule has 0 aliphatic carbocycles. The quantitative estimate of drug-likeness (QED) is 0.662. The van der Waals surface area contributed by atoms with Crippen LogP contribution < -0.4 is 15.4 Å². The van der Waals surface area contributed by atoms with Gasteiger partial charge in [0.15, 0.2) is 6.61 Å². The molecule has 3 heterocycles. The van der Waals surface area contributed by atoms with Crippen LogP contribution in [-0.2, 0) is 19.6 Å². The van der Waals surface area contributed by atoms with Crippen LogP contribution in [0.3, 0.4) is 0 Å². The van der Waals surface area contributed by atoms with Gasteiger partial charge in [-0.25, -0.2) is 8.42 Å². The molecule has 0 aromatic heterocycles. The second-order valence-corrected chi connectivity index (χ2v) is 10.00. The minimum Gasteiger partial charge on any atom is -0.482 e. The molecule has 1 aromatic carbocycles. The van der Waals surface area contributed by atoms with Crippen molar-refractivity contribution in [1.29, 1.82) is 0 Å². The number of sulfonamides is 1. The van der Waals surface area contributed by atoms with Crippen molar-refractivity contribution in [3.8, 4) is 5.75 Å². The van der Waals surface area contributed by atoms with Gasteiger partial charge in [0.2, 0.25) is 15.9 Å². The van der Waals surface area contributed by atoms with Gasteiger partial charge in [-0.05, 0) is 44.8 Å². The molecular weight excluding hydrogens is 432 g/mol. The Morgan fingerprint density at radius 1 is 1.23 bits per heavy atom. The second kappa shape index (κ2) is 8.70. The number of hydrogen-bond donors (Lipinski definition) is 2. The third-order valence-corrected chi connectivity index (χ3v) is 8.06. The summed E-state index contributed by atoms with van der Waals surface area (Å²) in [4.78, 5) is 26.3. The largest absolute Gasteiger partial charge is 0.482 e. The second-order valence-electron chi connectivity index (χ2n) is 7.73. The Morgan fingerprint density at radius 2 is 2.00 bits per heavy atom. The number of amides is 2. The Labute approximate surface area is 180 Å². The van der Waals surface area contributed by atoms with Crippen molar-refractivity contribution in [2.45, 2.75) is 36.6 Å². The zero-order valence-electron chi connectivity index (χ0n) is 16.5. The molecule has 30 heavy (non-hydrogen) atoms. The van der Waals surface area contributed by atoms with E-state index in [9.17, 15) is 18.0 Å². The lowest BCUT2D eigenvalue weighted by molar-refractivity contribution is -0.124. The summed E-state index contributed by atoms with van der Waals surface area (Å²) >= 11 is 6.24. The average molecular weight is 457 g/mol. The van der Waals surface area contributed by atoms with Gasteiger partial charge in [0.1, 0.15) is 16.7 Å². The molecule has 2 N–H and O–H groups in total. The normalized spacial score (nSPS) is 22.4. The molecule has 1 atom stereocenters. The molecule has 0 bridgehead atoms. The van der Waals surface area contributed by atoms with Crippen LogP contribution in [0, 0.1) is 0 Å². The topological polar surface area (TPSA) is 108 Å². The first-order valence-electron chi connectivity index (χ1n) is 10.1. The highest BCUT2D eigenvalue weighted by Gasteiger charge is 2.40. The average Bonchev–Trinajstić information content (AvgIpc) is 3.39. The number of ether oxygens (including phenoxy) is 1. The van der Waals surface area contributed by atoms with Crippen LogP contribution in [0.5, 0.6) is 5.75 Å². The van der Waals surface area contributed by atoms with E-state index in [-0.39, 0.29) is 40.6 Å². The van der Waals surface area contributed by atoms with E-state index >= 15 is 0 Å². The highest BCUT2D eigenvalue weighted by atomic mass is 35.5. The first-order chi connectivity index (χ1) is 14.4. The molecule has 0 radical (unpaired) electrons. The smallest absolute Gasteiger partial charge is 0.262 e. The number of fused-ring (bicyclic) bond motifs is 1. The van der Waals surface area contributed by atoms with Crippen molar-refractivity contribution in [3.05, 3.63) is 17.2 Å². The number of anilines is 1. The molecule has 11 heteroatoms. The Morgan fingerprint density at radius 3 is 2.77 bits per heavy atom. The lowest BCUT2D eigenvalue weighted by atomic mass is 10.2. The molecule has 3 aliphatic heterocycles. The van der Waals surface area contributed by atoms with Gasteiger partial charge >= 0.3 is 0 Å². The first kappa shape index (κ1) is 21.4. The summed E-state index contributed by atoms with van der Waals surface area (Å²) in [6.07, 6.45) is 3.41. The number of carbonyl (C=O) groups excluding carboxylic acids is 2. The Bertz CT molecular complexity index is 948. The maximum absolute atomic E-state index is 13.3. The maximum atomic E-state index is 13.3. The minimum absolute atomic E-state index is 0.0281. The Kier molecular flexibility index (Phi) is 6.19. The molecular formula is C19H25ClN4O5S. The fourth-order valence-electron chi connectivity index (χ4n) is 4.16.